The average Bonchev–Trinajstić information content (AvgIpc) is 2.32. The van der Waals surface area contributed by atoms with Crippen molar-refractivity contribution < 1.29 is 0 Å². The lowest BCUT2D eigenvalue weighted by Crippen LogP contribution is -2.48. The van der Waals surface area contributed by atoms with Crippen LogP contribution in [0.2, 0.25) is 0 Å². The summed E-state index contributed by atoms with van der Waals surface area (Å²) in [5, 5.41) is 3.42. The van der Waals surface area contributed by atoms with Crippen LogP contribution in [0.3, 0.4) is 0 Å². The van der Waals surface area contributed by atoms with Crippen molar-refractivity contribution in [1.29, 1.82) is 0 Å². The van der Waals surface area contributed by atoms with E-state index in [1.165, 1.54) is 5.56 Å². The lowest BCUT2D eigenvalue weighted by atomic mass is 9.81. The van der Waals surface area contributed by atoms with Gasteiger partial charge in [0.15, 0.2) is 0 Å². The molecule has 1 saturated heterocycles. The summed E-state index contributed by atoms with van der Waals surface area (Å²) in [5.74, 6) is 0. The van der Waals surface area contributed by atoms with Gasteiger partial charge in [0, 0.05) is 44.0 Å². The van der Waals surface area contributed by atoms with E-state index in [4.69, 9.17) is 0 Å². The van der Waals surface area contributed by atoms with E-state index in [0.717, 1.165) is 30.8 Å². The lowest BCUT2D eigenvalue weighted by Gasteiger charge is -2.42. The fourth-order valence-electron chi connectivity index (χ4n) is 2.75. The second-order valence-electron chi connectivity index (χ2n) is 5.94. The Labute approximate surface area is 118 Å². The largest absolute Gasteiger partial charge is 0.314 e. The minimum absolute atomic E-state index is 0.197. The van der Waals surface area contributed by atoms with Crippen LogP contribution >= 0.6 is 15.9 Å². The van der Waals surface area contributed by atoms with Crippen molar-refractivity contribution in [2.75, 3.05) is 26.2 Å². The maximum atomic E-state index is 4.38. The summed E-state index contributed by atoms with van der Waals surface area (Å²) in [7, 11) is 0. The Morgan fingerprint density at radius 2 is 2.00 bits per heavy atom. The minimum Gasteiger partial charge on any atom is -0.314 e. The highest BCUT2D eigenvalue weighted by Gasteiger charge is 2.33. The molecule has 0 saturated carbocycles. The van der Waals surface area contributed by atoms with Gasteiger partial charge in [-0.25, -0.2) is 4.98 Å². The molecular formula is C14H22BrN3. The molecule has 1 aromatic rings. The van der Waals surface area contributed by atoms with Crippen molar-refractivity contribution in [3.8, 4) is 0 Å². The van der Waals surface area contributed by atoms with Crippen molar-refractivity contribution in [1.82, 2.24) is 15.2 Å². The van der Waals surface area contributed by atoms with Crippen LogP contribution in [0.5, 0.6) is 0 Å². The maximum Gasteiger partial charge on any atom is 0.110 e. The van der Waals surface area contributed by atoms with E-state index in [1.807, 2.05) is 12.3 Å². The topological polar surface area (TPSA) is 28.2 Å². The Morgan fingerprint density at radius 3 is 2.56 bits per heavy atom. The van der Waals surface area contributed by atoms with Gasteiger partial charge in [-0.1, -0.05) is 26.8 Å². The zero-order chi connectivity index (χ0) is 13.2. The number of pyridine rings is 1. The first-order chi connectivity index (χ1) is 8.50. The third-order valence-corrected chi connectivity index (χ3v) is 4.08. The summed E-state index contributed by atoms with van der Waals surface area (Å²) >= 11 is 3.60. The highest BCUT2D eigenvalue weighted by Crippen LogP contribution is 2.40. The van der Waals surface area contributed by atoms with Crippen LogP contribution in [0.1, 0.15) is 32.4 Å². The Bertz CT molecular complexity index is 394. The summed E-state index contributed by atoms with van der Waals surface area (Å²) in [5.41, 5.74) is 1.50. The van der Waals surface area contributed by atoms with E-state index >= 15 is 0 Å². The van der Waals surface area contributed by atoms with Gasteiger partial charge in [-0.3, -0.25) is 4.90 Å². The molecular weight excluding hydrogens is 290 g/mol. The summed E-state index contributed by atoms with van der Waals surface area (Å²) in [6.45, 7) is 11.3. The van der Waals surface area contributed by atoms with E-state index in [-0.39, 0.29) is 5.41 Å². The average molecular weight is 312 g/mol. The predicted molar refractivity (Wildman–Crippen MR) is 78.6 cm³/mol. The van der Waals surface area contributed by atoms with Gasteiger partial charge in [-0.05, 0) is 27.4 Å². The van der Waals surface area contributed by atoms with Gasteiger partial charge in [-0.2, -0.15) is 0 Å². The van der Waals surface area contributed by atoms with E-state index in [1.54, 1.807) is 0 Å². The fourth-order valence-corrected chi connectivity index (χ4v) is 3.22. The highest BCUT2D eigenvalue weighted by atomic mass is 79.9. The number of rotatable bonds is 2. The quantitative estimate of drug-likeness (QED) is 0.851. The molecule has 0 radical (unpaired) electrons. The summed E-state index contributed by atoms with van der Waals surface area (Å²) in [4.78, 5) is 6.95. The van der Waals surface area contributed by atoms with E-state index < -0.39 is 0 Å². The normalized spacial score (nSPS) is 19.8. The molecule has 1 aliphatic heterocycles. The number of hydrogen-bond donors (Lipinski definition) is 1. The molecule has 0 amide bonds. The SMILES string of the molecule is CC(C)(C)[C@@H](c1cccnc1Br)N1CCNCC1. The van der Waals surface area contributed by atoms with Crippen molar-refractivity contribution in [2.24, 2.45) is 5.41 Å². The second-order valence-corrected chi connectivity index (χ2v) is 6.69. The van der Waals surface area contributed by atoms with Crippen molar-refractivity contribution in [3.63, 3.8) is 0 Å². The number of piperazine rings is 1. The first kappa shape index (κ1) is 14.0. The standard InChI is InChI=1S/C14H22BrN3/c1-14(2,3)12(18-9-7-16-8-10-18)11-5-4-6-17-13(11)15/h4-6,12,16H,7-10H2,1-3H3/t12-/m1/s1. The Hall–Kier alpha value is -0.450. The molecule has 0 aliphatic carbocycles. The summed E-state index contributed by atoms with van der Waals surface area (Å²) < 4.78 is 0.975. The van der Waals surface area contributed by atoms with Gasteiger partial charge in [0.25, 0.3) is 0 Å². The van der Waals surface area contributed by atoms with Crippen LogP contribution in [0, 0.1) is 5.41 Å². The maximum absolute atomic E-state index is 4.38. The van der Waals surface area contributed by atoms with Gasteiger partial charge in [-0.15, -0.1) is 0 Å². The van der Waals surface area contributed by atoms with Gasteiger partial charge < -0.3 is 5.32 Å². The molecule has 100 valence electrons. The number of aromatic nitrogens is 1. The number of nitrogens with zero attached hydrogens (tertiary/aromatic N) is 2. The predicted octanol–water partition coefficient (Wildman–Crippen LogP) is 2.84. The van der Waals surface area contributed by atoms with Gasteiger partial charge >= 0.3 is 0 Å². The summed E-state index contributed by atoms with van der Waals surface area (Å²) in [6, 6.07) is 4.62. The molecule has 2 heterocycles. The minimum atomic E-state index is 0.197. The Balaban J connectivity index is 2.34. The highest BCUT2D eigenvalue weighted by molar-refractivity contribution is 9.10. The molecule has 0 unspecified atom stereocenters. The molecule has 0 bridgehead atoms. The van der Waals surface area contributed by atoms with Gasteiger partial charge in [0.2, 0.25) is 0 Å². The molecule has 1 aliphatic rings. The molecule has 3 nitrogen and oxygen atoms in total. The monoisotopic (exact) mass is 311 g/mol. The first-order valence-electron chi connectivity index (χ1n) is 6.55. The number of halogens is 1. The summed E-state index contributed by atoms with van der Waals surface area (Å²) in [6.07, 6.45) is 1.84. The number of hydrogen-bond acceptors (Lipinski definition) is 3. The van der Waals surface area contributed by atoms with Crippen LogP contribution in [0.15, 0.2) is 22.9 Å². The molecule has 1 N–H and O–H groups in total. The molecule has 1 fully saturated rings. The third kappa shape index (κ3) is 3.11. The zero-order valence-electron chi connectivity index (χ0n) is 11.4. The van der Waals surface area contributed by atoms with Crippen LogP contribution in [0.25, 0.3) is 0 Å². The fraction of sp³-hybridized carbons (Fsp3) is 0.643. The molecule has 0 spiro atoms. The molecule has 0 aromatic carbocycles. The van der Waals surface area contributed by atoms with E-state index in [0.29, 0.717) is 6.04 Å². The van der Waals surface area contributed by atoms with Gasteiger partial charge in [0.05, 0.1) is 0 Å². The van der Waals surface area contributed by atoms with Crippen LogP contribution < -0.4 is 5.32 Å². The van der Waals surface area contributed by atoms with Gasteiger partial charge in [0.1, 0.15) is 4.60 Å². The second kappa shape index (κ2) is 5.68. The smallest absolute Gasteiger partial charge is 0.110 e. The zero-order valence-corrected chi connectivity index (χ0v) is 13.0. The molecule has 1 atom stereocenters. The lowest BCUT2D eigenvalue weighted by molar-refractivity contribution is 0.0854. The van der Waals surface area contributed by atoms with E-state index in [9.17, 15) is 0 Å². The molecule has 2 rings (SSSR count). The van der Waals surface area contributed by atoms with Crippen molar-refractivity contribution in [2.45, 2.75) is 26.8 Å². The first-order valence-corrected chi connectivity index (χ1v) is 7.34. The van der Waals surface area contributed by atoms with Crippen LogP contribution in [-0.4, -0.2) is 36.1 Å². The van der Waals surface area contributed by atoms with E-state index in [2.05, 4.69) is 58.0 Å². The van der Waals surface area contributed by atoms with Crippen molar-refractivity contribution >= 4 is 15.9 Å². The van der Waals surface area contributed by atoms with Crippen LogP contribution in [0.4, 0.5) is 0 Å². The Morgan fingerprint density at radius 1 is 1.33 bits per heavy atom. The molecule has 18 heavy (non-hydrogen) atoms. The molecule has 1 aromatic heterocycles. The molecule has 4 heteroatoms. The third-order valence-electron chi connectivity index (χ3n) is 3.42. The Kier molecular flexibility index (Phi) is 4.41. The number of nitrogens with one attached hydrogen (secondary N) is 1. The van der Waals surface area contributed by atoms with Crippen LogP contribution in [-0.2, 0) is 0 Å². The van der Waals surface area contributed by atoms with Crippen molar-refractivity contribution in [3.05, 3.63) is 28.5 Å².